The van der Waals surface area contributed by atoms with Crippen LogP contribution in [0.25, 0.3) is 0 Å². The third-order valence-corrected chi connectivity index (χ3v) is 3.81. The van der Waals surface area contributed by atoms with E-state index in [-0.39, 0.29) is 11.8 Å². The number of nitrogens with zero attached hydrogens (tertiary/aromatic N) is 1. The molecule has 4 nitrogen and oxygen atoms in total. The highest BCUT2D eigenvalue weighted by atomic mass is 16.1. The first kappa shape index (κ1) is 13.9. The summed E-state index contributed by atoms with van der Waals surface area (Å²) in [6, 6.07) is 6.51. The van der Waals surface area contributed by atoms with E-state index in [1.165, 1.54) is 16.8 Å². The Bertz CT molecular complexity index is 459. The van der Waals surface area contributed by atoms with Crippen molar-refractivity contribution in [1.29, 1.82) is 0 Å². The van der Waals surface area contributed by atoms with Crippen molar-refractivity contribution in [2.75, 3.05) is 25.0 Å². The molecule has 0 spiro atoms. The van der Waals surface area contributed by atoms with Crippen molar-refractivity contribution >= 4 is 11.6 Å². The van der Waals surface area contributed by atoms with Crippen LogP contribution in [0.4, 0.5) is 5.69 Å². The van der Waals surface area contributed by atoms with Crippen LogP contribution < -0.4 is 16.0 Å². The number of amides is 1. The Hall–Kier alpha value is -1.55. The third-order valence-electron chi connectivity index (χ3n) is 3.81. The molecule has 1 heterocycles. The molecule has 0 radical (unpaired) electrons. The van der Waals surface area contributed by atoms with Gasteiger partial charge in [-0.15, -0.1) is 0 Å². The quantitative estimate of drug-likeness (QED) is 0.861. The lowest BCUT2D eigenvalue weighted by atomic mass is 9.96. The zero-order chi connectivity index (χ0) is 13.8. The predicted octanol–water partition coefficient (Wildman–Crippen LogP) is 1.42. The number of carbonyl (C=O) groups is 1. The monoisotopic (exact) mass is 261 g/mol. The van der Waals surface area contributed by atoms with E-state index < -0.39 is 0 Å². The number of hydrogen-bond acceptors (Lipinski definition) is 3. The lowest BCUT2D eigenvalue weighted by Crippen LogP contribution is -2.41. The van der Waals surface area contributed by atoms with Gasteiger partial charge in [0, 0.05) is 25.3 Å². The summed E-state index contributed by atoms with van der Waals surface area (Å²) in [7, 11) is 1.95. The number of anilines is 1. The molecular formula is C15H23N3O. The van der Waals surface area contributed by atoms with Crippen LogP contribution in [0.2, 0.25) is 0 Å². The zero-order valence-corrected chi connectivity index (χ0v) is 11.8. The van der Waals surface area contributed by atoms with E-state index >= 15 is 0 Å². The summed E-state index contributed by atoms with van der Waals surface area (Å²) in [4.78, 5) is 13.6. The van der Waals surface area contributed by atoms with Crippen molar-refractivity contribution < 1.29 is 4.79 Å². The minimum atomic E-state index is -0.172. The minimum Gasteiger partial charge on any atom is -0.371 e. The van der Waals surface area contributed by atoms with E-state index in [1.54, 1.807) is 0 Å². The van der Waals surface area contributed by atoms with Crippen molar-refractivity contribution in [3.8, 4) is 0 Å². The minimum absolute atomic E-state index is 0.00913. The fourth-order valence-electron chi connectivity index (χ4n) is 2.81. The van der Waals surface area contributed by atoms with E-state index in [2.05, 4.69) is 35.3 Å². The fraction of sp³-hybridized carbons (Fsp3) is 0.533. The second-order valence-electron chi connectivity index (χ2n) is 5.34. The van der Waals surface area contributed by atoms with Gasteiger partial charge in [0.25, 0.3) is 0 Å². The molecule has 1 unspecified atom stereocenters. The first-order valence-corrected chi connectivity index (χ1v) is 6.90. The van der Waals surface area contributed by atoms with Crippen LogP contribution in [0.3, 0.4) is 0 Å². The van der Waals surface area contributed by atoms with Crippen LogP contribution in [0.1, 0.15) is 24.0 Å². The van der Waals surface area contributed by atoms with Crippen molar-refractivity contribution in [2.24, 2.45) is 11.7 Å². The van der Waals surface area contributed by atoms with Gasteiger partial charge in [-0.05, 0) is 44.0 Å². The molecule has 4 heteroatoms. The third kappa shape index (κ3) is 3.26. The fourth-order valence-corrected chi connectivity index (χ4v) is 2.81. The lowest BCUT2D eigenvalue weighted by Gasteiger charge is -2.34. The van der Waals surface area contributed by atoms with E-state index in [9.17, 15) is 4.79 Å². The summed E-state index contributed by atoms with van der Waals surface area (Å²) in [5, 5.41) is 3.16. The number of nitrogens with two attached hydrogens (primary N) is 1. The molecule has 3 N–H and O–H groups in total. The Morgan fingerprint density at radius 1 is 1.53 bits per heavy atom. The van der Waals surface area contributed by atoms with Crippen LogP contribution in [-0.4, -0.2) is 26.0 Å². The first-order valence-electron chi connectivity index (χ1n) is 6.90. The smallest absolute Gasteiger partial charge is 0.222 e. The van der Waals surface area contributed by atoms with Gasteiger partial charge in [-0.1, -0.05) is 12.1 Å². The highest BCUT2D eigenvalue weighted by molar-refractivity contribution is 5.77. The van der Waals surface area contributed by atoms with Crippen LogP contribution >= 0.6 is 0 Å². The maximum atomic E-state index is 11.3. The molecule has 104 valence electrons. The van der Waals surface area contributed by atoms with E-state index in [1.807, 2.05) is 7.05 Å². The Labute approximate surface area is 115 Å². The molecule has 1 fully saturated rings. The number of primary amides is 1. The molecular weight excluding hydrogens is 238 g/mol. The largest absolute Gasteiger partial charge is 0.371 e. The van der Waals surface area contributed by atoms with Gasteiger partial charge >= 0.3 is 0 Å². The van der Waals surface area contributed by atoms with Gasteiger partial charge in [-0.3, -0.25) is 4.79 Å². The molecule has 1 aliphatic rings. The zero-order valence-electron chi connectivity index (χ0n) is 11.8. The van der Waals surface area contributed by atoms with E-state index in [0.29, 0.717) is 0 Å². The highest BCUT2D eigenvalue weighted by Crippen LogP contribution is 2.26. The standard InChI is InChI=1S/C15H23N3O/c1-11-8-12(9-17-2)5-6-14(11)18-7-3-4-13(10-18)15(16)19/h5-6,8,13,17H,3-4,7,9-10H2,1-2H3,(H2,16,19). The number of hydrogen-bond donors (Lipinski definition) is 2. The summed E-state index contributed by atoms with van der Waals surface area (Å²) >= 11 is 0. The van der Waals surface area contributed by atoms with Gasteiger partial charge in [0.15, 0.2) is 0 Å². The van der Waals surface area contributed by atoms with E-state index in [4.69, 9.17) is 5.73 Å². The lowest BCUT2D eigenvalue weighted by molar-refractivity contribution is -0.122. The molecule has 1 atom stereocenters. The Morgan fingerprint density at radius 3 is 2.95 bits per heavy atom. The Morgan fingerprint density at radius 2 is 2.32 bits per heavy atom. The van der Waals surface area contributed by atoms with Gasteiger partial charge in [0.05, 0.1) is 5.92 Å². The summed E-state index contributed by atoms with van der Waals surface area (Å²) in [6.07, 6.45) is 1.95. The molecule has 1 aromatic rings. The molecule has 0 aliphatic carbocycles. The van der Waals surface area contributed by atoms with E-state index in [0.717, 1.165) is 32.5 Å². The molecule has 0 bridgehead atoms. The second kappa shape index (κ2) is 6.06. The van der Waals surface area contributed by atoms with Crippen molar-refractivity contribution in [1.82, 2.24) is 5.32 Å². The van der Waals surface area contributed by atoms with Crippen LogP contribution in [-0.2, 0) is 11.3 Å². The van der Waals surface area contributed by atoms with Gasteiger partial charge < -0.3 is 16.0 Å². The topological polar surface area (TPSA) is 58.4 Å². The Kier molecular flexibility index (Phi) is 4.43. The van der Waals surface area contributed by atoms with Crippen molar-refractivity contribution in [2.45, 2.75) is 26.3 Å². The molecule has 0 saturated carbocycles. The first-order chi connectivity index (χ1) is 9.11. The number of rotatable bonds is 4. The maximum absolute atomic E-state index is 11.3. The van der Waals surface area contributed by atoms with Gasteiger partial charge in [0.2, 0.25) is 5.91 Å². The maximum Gasteiger partial charge on any atom is 0.222 e. The average molecular weight is 261 g/mol. The number of piperidine rings is 1. The van der Waals surface area contributed by atoms with Gasteiger partial charge in [0.1, 0.15) is 0 Å². The van der Waals surface area contributed by atoms with Gasteiger partial charge in [-0.25, -0.2) is 0 Å². The van der Waals surface area contributed by atoms with Gasteiger partial charge in [-0.2, -0.15) is 0 Å². The number of carbonyl (C=O) groups excluding carboxylic acids is 1. The SMILES string of the molecule is CNCc1ccc(N2CCCC(C(N)=O)C2)c(C)c1. The van der Waals surface area contributed by atoms with Crippen LogP contribution in [0.15, 0.2) is 18.2 Å². The molecule has 19 heavy (non-hydrogen) atoms. The predicted molar refractivity (Wildman–Crippen MR) is 78.1 cm³/mol. The molecule has 0 aromatic heterocycles. The normalized spacial score (nSPS) is 19.5. The molecule has 1 aliphatic heterocycles. The number of nitrogens with one attached hydrogen (secondary N) is 1. The average Bonchev–Trinajstić information content (AvgIpc) is 2.39. The number of benzene rings is 1. The second-order valence-corrected chi connectivity index (χ2v) is 5.34. The molecule has 2 rings (SSSR count). The Balaban J connectivity index is 2.14. The number of aryl methyl sites for hydroxylation is 1. The highest BCUT2D eigenvalue weighted by Gasteiger charge is 2.24. The summed E-state index contributed by atoms with van der Waals surface area (Å²) < 4.78 is 0. The molecule has 1 saturated heterocycles. The van der Waals surface area contributed by atoms with Crippen molar-refractivity contribution in [3.05, 3.63) is 29.3 Å². The summed E-state index contributed by atoms with van der Waals surface area (Å²) in [5.41, 5.74) is 9.21. The van der Waals surface area contributed by atoms with Crippen molar-refractivity contribution in [3.63, 3.8) is 0 Å². The molecule has 1 amide bonds. The molecule has 1 aromatic carbocycles. The summed E-state index contributed by atoms with van der Waals surface area (Å²) in [5.74, 6) is -0.181. The van der Waals surface area contributed by atoms with Crippen LogP contribution in [0, 0.1) is 12.8 Å². The van der Waals surface area contributed by atoms with Crippen LogP contribution in [0.5, 0.6) is 0 Å². The summed E-state index contributed by atoms with van der Waals surface area (Å²) in [6.45, 7) is 4.77.